The van der Waals surface area contributed by atoms with Crippen molar-refractivity contribution in [3.8, 4) is 0 Å². The number of Topliss-reactive ketones (excluding diaryl/α,β-unsaturated/α-hetero) is 2. The molecule has 0 aliphatic heterocycles. The van der Waals surface area contributed by atoms with E-state index in [2.05, 4.69) is 73.7 Å². The predicted molar refractivity (Wildman–Crippen MR) is 153 cm³/mol. The number of fused-ring (bicyclic) bond motifs is 2. The third-order valence-corrected chi connectivity index (χ3v) is 11.0. The summed E-state index contributed by atoms with van der Waals surface area (Å²) in [6.45, 7) is 13.4. The number of ketones is 2. The summed E-state index contributed by atoms with van der Waals surface area (Å²) < 4.78 is 6.08. The Hall–Kier alpha value is -4.48. The van der Waals surface area contributed by atoms with Crippen molar-refractivity contribution in [3.05, 3.63) is 44.5 Å². The normalized spacial score (nSPS) is 13.4. The standard InChI is InChI=1S/C15H23N5O3Si.C9H9N5O3/c1-8(23-24(5,6)15(2,3)4)11(21)9-7-17-12-10(18-9)13(22)20-14(16)19-12;1-3(15)6(16)4-2-11-7-5(12-4)8(17)14-9(10)13-7/h7-8H,1-6H3,(H3,16,17,19,20,22);2-3,15H,1H3,(H3,10,11,13,14,17)/t8-;3-/m00/s1. The lowest BCUT2D eigenvalue weighted by Crippen LogP contribution is -2.45. The van der Waals surface area contributed by atoms with Gasteiger partial charge in [0, 0.05) is 0 Å². The number of nitrogens with one attached hydrogen (secondary N) is 2. The Morgan fingerprint density at radius 1 is 0.854 bits per heavy atom. The molecule has 17 heteroatoms. The summed E-state index contributed by atoms with van der Waals surface area (Å²) >= 11 is 0. The molecule has 0 aromatic carbocycles. The lowest BCUT2D eigenvalue weighted by molar-refractivity contribution is 0.0773. The zero-order valence-corrected chi connectivity index (χ0v) is 24.6. The molecule has 0 aliphatic rings. The Balaban J connectivity index is 0.000000239. The summed E-state index contributed by atoms with van der Waals surface area (Å²) in [5, 5.41) is 9.10. The summed E-state index contributed by atoms with van der Waals surface area (Å²) in [6, 6.07) is 0. The predicted octanol–water partition coefficient (Wildman–Crippen LogP) is 0.747. The molecule has 0 saturated carbocycles. The van der Waals surface area contributed by atoms with Crippen LogP contribution in [0.2, 0.25) is 18.1 Å². The largest absolute Gasteiger partial charge is 0.407 e. The molecule has 41 heavy (non-hydrogen) atoms. The molecule has 16 nitrogen and oxygen atoms in total. The molecule has 4 rings (SSSR count). The first-order valence-corrected chi connectivity index (χ1v) is 15.3. The number of H-pyrrole nitrogens is 2. The molecule has 0 aliphatic carbocycles. The molecule has 4 heterocycles. The molecule has 2 atom stereocenters. The fraction of sp³-hybridized carbons (Fsp3) is 0.417. The van der Waals surface area contributed by atoms with Gasteiger partial charge in [-0.25, -0.2) is 19.9 Å². The first-order valence-electron chi connectivity index (χ1n) is 12.4. The van der Waals surface area contributed by atoms with Crippen LogP contribution in [0.5, 0.6) is 0 Å². The smallest absolute Gasteiger partial charge is 0.280 e. The fourth-order valence-corrected chi connectivity index (χ4v) is 4.55. The van der Waals surface area contributed by atoms with Crippen molar-refractivity contribution in [2.45, 2.75) is 65.0 Å². The van der Waals surface area contributed by atoms with Crippen molar-refractivity contribution >= 4 is 54.1 Å². The lowest BCUT2D eigenvalue weighted by Gasteiger charge is -2.37. The number of hydrogen-bond acceptors (Lipinski definition) is 14. The van der Waals surface area contributed by atoms with Gasteiger partial charge >= 0.3 is 0 Å². The van der Waals surface area contributed by atoms with E-state index in [1.807, 2.05) is 0 Å². The van der Waals surface area contributed by atoms with Gasteiger partial charge in [0.1, 0.15) is 23.6 Å². The summed E-state index contributed by atoms with van der Waals surface area (Å²) in [5.74, 6) is -1.05. The zero-order chi connectivity index (χ0) is 30.9. The van der Waals surface area contributed by atoms with E-state index in [-0.39, 0.29) is 56.4 Å². The van der Waals surface area contributed by atoms with E-state index in [1.54, 1.807) is 6.92 Å². The van der Waals surface area contributed by atoms with Crippen LogP contribution < -0.4 is 22.6 Å². The van der Waals surface area contributed by atoms with Crippen LogP contribution in [0.15, 0.2) is 22.0 Å². The Morgan fingerprint density at radius 2 is 1.27 bits per heavy atom. The molecule has 0 fully saturated rings. The third-order valence-electron chi connectivity index (χ3n) is 6.40. The number of hydrogen-bond donors (Lipinski definition) is 5. The van der Waals surface area contributed by atoms with Crippen LogP contribution in [0, 0.1) is 0 Å². The maximum absolute atomic E-state index is 12.6. The highest BCUT2D eigenvalue weighted by Gasteiger charge is 2.40. The van der Waals surface area contributed by atoms with E-state index >= 15 is 0 Å². The van der Waals surface area contributed by atoms with Crippen molar-refractivity contribution in [1.82, 2.24) is 39.9 Å². The van der Waals surface area contributed by atoms with Crippen LogP contribution in [0.4, 0.5) is 11.9 Å². The highest BCUT2D eigenvalue weighted by atomic mass is 28.4. The van der Waals surface area contributed by atoms with Gasteiger partial charge in [-0.3, -0.25) is 29.1 Å². The maximum Gasteiger partial charge on any atom is 0.280 e. The molecule has 0 amide bonds. The number of nitrogens with zero attached hydrogens (tertiary/aromatic N) is 6. The number of nitrogen functional groups attached to an aromatic ring is 2. The molecule has 0 radical (unpaired) electrons. The van der Waals surface area contributed by atoms with Crippen molar-refractivity contribution in [3.63, 3.8) is 0 Å². The SMILES string of the molecule is C[C@H](O)C(=O)c1cnc2nc(N)[nH]c(=O)c2n1.C[C@H](O[Si](C)(C)C(C)(C)C)C(=O)c1cnc2nc(N)[nH]c(=O)c2n1. The summed E-state index contributed by atoms with van der Waals surface area (Å²) in [5.41, 5.74) is 9.70. The van der Waals surface area contributed by atoms with Crippen molar-refractivity contribution in [2.24, 2.45) is 0 Å². The number of carbonyl (C=O) groups excluding carboxylic acids is 2. The zero-order valence-electron chi connectivity index (χ0n) is 23.6. The number of aromatic nitrogens is 8. The van der Waals surface area contributed by atoms with E-state index in [4.69, 9.17) is 21.0 Å². The van der Waals surface area contributed by atoms with E-state index in [0.29, 0.717) is 0 Å². The third kappa shape index (κ3) is 7.00. The molecular weight excluding hydrogens is 552 g/mol. The summed E-state index contributed by atoms with van der Waals surface area (Å²) in [6.07, 6.45) is 0.562. The minimum atomic E-state index is -2.10. The van der Waals surface area contributed by atoms with Crippen LogP contribution in [0.1, 0.15) is 55.6 Å². The number of aromatic amines is 2. The van der Waals surface area contributed by atoms with Gasteiger partial charge in [0.25, 0.3) is 11.1 Å². The average molecular weight is 585 g/mol. The quantitative estimate of drug-likeness (QED) is 0.155. The number of anilines is 2. The maximum atomic E-state index is 12.6. The van der Waals surface area contributed by atoms with Crippen molar-refractivity contribution in [2.75, 3.05) is 11.5 Å². The van der Waals surface area contributed by atoms with Crippen LogP contribution >= 0.6 is 0 Å². The van der Waals surface area contributed by atoms with Gasteiger partial charge in [0.2, 0.25) is 23.5 Å². The van der Waals surface area contributed by atoms with Gasteiger partial charge in [-0.15, -0.1) is 0 Å². The van der Waals surface area contributed by atoms with Crippen LogP contribution in [0.25, 0.3) is 22.3 Å². The Kier molecular flexibility index (Phi) is 8.75. The van der Waals surface area contributed by atoms with Crippen LogP contribution in [-0.4, -0.2) is 77.1 Å². The molecule has 0 unspecified atom stereocenters. The summed E-state index contributed by atoms with van der Waals surface area (Å²) in [7, 11) is -2.10. The number of carbonyl (C=O) groups is 2. The number of aliphatic hydroxyl groups is 1. The second-order valence-electron chi connectivity index (χ2n) is 10.7. The minimum Gasteiger partial charge on any atom is -0.407 e. The van der Waals surface area contributed by atoms with Gasteiger partial charge in [-0.2, -0.15) is 9.97 Å². The highest BCUT2D eigenvalue weighted by molar-refractivity contribution is 6.74. The van der Waals surface area contributed by atoms with E-state index < -0.39 is 37.4 Å². The monoisotopic (exact) mass is 584 g/mol. The minimum absolute atomic E-state index is 0.0187. The molecule has 0 bridgehead atoms. The number of nitrogens with two attached hydrogens (primary N) is 2. The number of aliphatic hydroxyl groups excluding tert-OH is 1. The first kappa shape index (κ1) is 31.0. The van der Waals surface area contributed by atoms with Crippen LogP contribution in [0.3, 0.4) is 0 Å². The van der Waals surface area contributed by atoms with Gasteiger partial charge in [-0.05, 0) is 32.0 Å². The second kappa shape index (κ2) is 11.6. The van der Waals surface area contributed by atoms with Gasteiger partial charge < -0.3 is 21.0 Å². The van der Waals surface area contributed by atoms with Gasteiger partial charge in [-0.1, -0.05) is 20.8 Å². The van der Waals surface area contributed by atoms with E-state index in [1.165, 1.54) is 13.1 Å². The van der Waals surface area contributed by atoms with E-state index in [0.717, 1.165) is 6.20 Å². The lowest BCUT2D eigenvalue weighted by atomic mass is 10.2. The van der Waals surface area contributed by atoms with Crippen LogP contribution in [-0.2, 0) is 4.43 Å². The molecular formula is C24H32N10O6Si. The molecule has 0 saturated heterocycles. The number of rotatable bonds is 6. The first-order chi connectivity index (χ1) is 18.9. The Labute approximate surface area is 234 Å². The van der Waals surface area contributed by atoms with Gasteiger partial charge in [0.05, 0.1) is 12.4 Å². The molecule has 0 spiro atoms. The highest BCUT2D eigenvalue weighted by Crippen LogP contribution is 2.37. The Morgan fingerprint density at radius 3 is 1.66 bits per heavy atom. The van der Waals surface area contributed by atoms with Crippen molar-refractivity contribution < 1.29 is 19.1 Å². The second-order valence-corrected chi connectivity index (χ2v) is 15.4. The molecule has 4 aromatic rings. The molecule has 4 aromatic heterocycles. The Bertz CT molecular complexity index is 1750. The molecule has 7 N–H and O–H groups in total. The molecule has 218 valence electrons. The topological polar surface area (TPSA) is 259 Å². The fourth-order valence-electron chi connectivity index (χ4n) is 3.20. The van der Waals surface area contributed by atoms with Gasteiger partial charge in [0.15, 0.2) is 30.6 Å². The summed E-state index contributed by atoms with van der Waals surface area (Å²) in [4.78, 5) is 75.4. The van der Waals surface area contributed by atoms with Crippen molar-refractivity contribution in [1.29, 1.82) is 0 Å². The average Bonchev–Trinajstić information content (AvgIpc) is 2.86. The van der Waals surface area contributed by atoms with E-state index in [9.17, 15) is 19.2 Å².